The van der Waals surface area contributed by atoms with Gasteiger partial charge in [-0.25, -0.2) is 4.42 Å². The van der Waals surface area contributed by atoms with Crippen molar-refractivity contribution >= 4 is 29.4 Å². The quantitative estimate of drug-likeness (QED) is 0.298. The number of rotatable bonds is 3. The number of carbonyl (C=O) groups excluding carboxylic acids is 1. The lowest BCUT2D eigenvalue weighted by atomic mass is 9.88. The van der Waals surface area contributed by atoms with Crippen molar-refractivity contribution in [3.05, 3.63) is 76.2 Å². The summed E-state index contributed by atoms with van der Waals surface area (Å²) in [6, 6.07) is 11.2. The number of aliphatic hydroxyl groups is 1. The van der Waals surface area contributed by atoms with Gasteiger partial charge in [0, 0.05) is 22.7 Å². The van der Waals surface area contributed by atoms with E-state index in [2.05, 4.69) is 53.7 Å². The summed E-state index contributed by atoms with van der Waals surface area (Å²) in [5.41, 5.74) is 1.62. The van der Waals surface area contributed by atoms with Crippen LogP contribution in [-0.2, 0) is 15.6 Å². The number of aliphatic hydroxyl groups excluding tert-OH is 1. The molecule has 1 aromatic carbocycles. The van der Waals surface area contributed by atoms with Crippen molar-refractivity contribution in [2.45, 2.75) is 58.5 Å². The van der Waals surface area contributed by atoms with Gasteiger partial charge < -0.3 is 15.0 Å². The molecule has 1 heterocycles. The number of aliphatic carboxylic acids is 1. The zero-order valence-corrected chi connectivity index (χ0v) is 20.1. The summed E-state index contributed by atoms with van der Waals surface area (Å²) in [6.45, 7) is 12.8. The van der Waals surface area contributed by atoms with Crippen LogP contribution >= 0.6 is 11.6 Å². The van der Waals surface area contributed by atoms with Crippen LogP contribution in [0.2, 0.25) is 5.02 Å². The highest BCUT2D eigenvalue weighted by Gasteiger charge is 2.33. The molecule has 0 saturated carbocycles. The highest BCUT2D eigenvalue weighted by atomic mass is 35.5. The first-order valence-corrected chi connectivity index (χ1v) is 10.4. The normalized spacial score (nSPS) is 13.0. The summed E-state index contributed by atoms with van der Waals surface area (Å²) in [7, 11) is 0. The van der Waals surface area contributed by atoms with E-state index in [1.165, 1.54) is 0 Å². The predicted octanol–water partition coefficient (Wildman–Crippen LogP) is 6.72. The fourth-order valence-electron chi connectivity index (χ4n) is 2.32. The number of carbonyl (C=O) groups is 1. The Balaban J connectivity index is 0.000000675. The van der Waals surface area contributed by atoms with Crippen molar-refractivity contribution in [3.63, 3.8) is 0 Å². The van der Waals surface area contributed by atoms with Crippen LogP contribution in [0.3, 0.4) is 0 Å². The van der Waals surface area contributed by atoms with Gasteiger partial charge in [-0.1, -0.05) is 23.8 Å². The third kappa shape index (κ3) is 9.70. The Hall–Kier alpha value is -2.80. The Bertz CT molecular complexity index is 978. The zero-order chi connectivity index (χ0) is 25.6. The van der Waals surface area contributed by atoms with Gasteiger partial charge in [0.2, 0.25) is 0 Å². The molecule has 0 radical (unpaired) electrons. The van der Waals surface area contributed by atoms with Gasteiger partial charge in [0.25, 0.3) is 0 Å². The average molecular weight is 485 g/mol. The Labute approximate surface area is 197 Å². The molecule has 0 spiro atoms. The predicted molar refractivity (Wildman–Crippen MR) is 123 cm³/mol. The summed E-state index contributed by atoms with van der Waals surface area (Å²) in [6.07, 6.45) is 0.311. The molecule has 180 valence electrons. The maximum Gasteiger partial charge on any atom is 0.430 e. The number of alkyl halides is 3. The Morgan fingerprint density at radius 3 is 1.76 bits per heavy atom. The van der Waals surface area contributed by atoms with Gasteiger partial charge in [-0.3, -0.25) is 0 Å². The van der Waals surface area contributed by atoms with E-state index < -0.39 is 12.1 Å². The van der Waals surface area contributed by atoms with Crippen molar-refractivity contribution in [2.75, 3.05) is 0 Å². The molecule has 0 fully saturated rings. The average Bonchev–Trinajstić information content (AvgIpc) is 2.66. The Kier molecular flexibility index (Phi) is 9.31. The summed E-state index contributed by atoms with van der Waals surface area (Å²) < 4.78 is 37.7. The number of halogens is 4. The molecule has 2 rings (SSSR count). The molecule has 0 saturated heterocycles. The summed E-state index contributed by atoms with van der Waals surface area (Å²) in [5, 5.41) is 19.6. The Morgan fingerprint density at radius 2 is 1.39 bits per heavy atom. The molecule has 4 nitrogen and oxygen atoms in total. The van der Waals surface area contributed by atoms with Crippen LogP contribution in [0, 0.1) is 0 Å². The second kappa shape index (κ2) is 10.9. The van der Waals surface area contributed by atoms with Gasteiger partial charge in [-0.05, 0) is 77.4 Å². The van der Waals surface area contributed by atoms with E-state index in [0.29, 0.717) is 5.02 Å². The number of hydrogen-bond donors (Lipinski definition) is 1. The molecule has 8 heteroatoms. The van der Waals surface area contributed by atoms with E-state index in [-0.39, 0.29) is 16.6 Å². The molecule has 2 aromatic rings. The fourth-order valence-corrected chi connectivity index (χ4v) is 2.45. The molecule has 0 bridgehead atoms. The molecule has 0 amide bonds. The highest BCUT2D eigenvalue weighted by Crippen LogP contribution is 2.30. The number of allylic oxidation sites excluding steroid dienone is 2. The minimum absolute atomic E-state index is 0.0782. The summed E-state index contributed by atoms with van der Waals surface area (Å²) in [5.74, 6) is -0.927. The van der Waals surface area contributed by atoms with E-state index in [1.807, 2.05) is 12.2 Å². The van der Waals surface area contributed by atoms with Gasteiger partial charge in [0.1, 0.15) is 11.7 Å². The fraction of sp³-hybridized carbons (Fsp3) is 0.360. The molecule has 0 unspecified atom stereocenters. The summed E-state index contributed by atoms with van der Waals surface area (Å²) in [4.78, 5) is 8.78. The first kappa shape index (κ1) is 28.2. The lowest BCUT2D eigenvalue weighted by molar-refractivity contribution is -0.344. The van der Waals surface area contributed by atoms with Crippen LogP contribution in [0.5, 0.6) is 0 Å². The first-order chi connectivity index (χ1) is 14.9. The molecule has 0 aliphatic heterocycles. The standard InChI is InChI=1S/C23H27ClO2.C2HF3O2/c1-22(2,3)20-14-16(15-21(26-20)23(4,5)6)8-7-9-19(25)17-10-12-18(24)13-11-17;3-2(4,5)1(6)7/h7-15H,1-6H3;(H,6,7)/b8-7+,19-9+;. The lowest BCUT2D eigenvalue weighted by Gasteiger charge is -2.14. The monoisotopic (exact) mass is 484 g/mol. The van der Waals surface area contributed by atoms with Crippen molar-refractivity contribution in [2.24, 2.45) is 0 Å². The topological polar surface area (TPSA) is 71.7 Å². The minimum Gasteiger partial charge on any atom is -0.542 e. The van der Waals surface area contributed by atoms with Gasteiger partial charge in [0.05, 0.1) is 10.8 Å². The molecular weight excluding hydrogens is 457 g/mol. The maximum absolute atomic E-state index is 10.5. The van der Waals surface area contributed by atoms with E-state index >= 15 is 0 Å². The Morgan fingerprint density at radius 1 is 0.970 bits per heavy atom. The van der Waals surface area contributed by atoms with Crippen molar-refractivity contribution < 1.29 is 32.6 Å². The van der Waals surface area contributed by atoms with E-state index in [9.17, 15) is 18.3 Å². The van der Waals surface area contributed by atoms with Crippen LogP contribution in [-0.4, -0.2) is 17.3 Å². The molecule has 0 aliphatic carbocycles. The number of benzene rings is 1. The molecule has 0 atom stereocenters. The van der Waals surface area contributed by atoms with E-state index in [1.54, 1.807) is 30.3 Å². The largest absolute Gasteiger partial charge is 0.542 e. The SMILES string of the molecule is CC(C)(C)c1cc(/C=C/C=C(/O)c2ccc(Cl)cc2)cc(C(C)(C)C)[o+]1.O=C([O-])C(F)(F)F. The van der Waals surface area contributed by atoms with Crippen LogP contribution in [0.1, 0.15) is 64.2 Å². The number of carboxylic acid groups (broad SMARTS) is 1. The molecule has 1 N–H and O–H groups in total. The molecular formula is C25H28ClF3O4. The maximum atomic E-state index is 10.5. The van der Waals surface area contributed by atoms with E-state index in [0.717, 1.165) is 22.6 Å². The van der Waals surface area contributed by atoms with Crippen LogP contribution in [0.4, 0.5) is 13.2 Å². The van der Waals surface area contributed by atoms with Gasteiger partial charge >= 0.3 is 17.7 Å². The number of carboxylic acids is 1. The highest BCUT2D eigenvalue weighted by molar-refractivity contribution is 6.30. The van der Waals surface area contributed by atoms with Crippen molar-refractivity contribution in [1.82, 2.24) is 0 Å². The smallest absolute Gasteiger partial charge is 0.430 e. The van der Waals surface area contributed by atoms with Crippen molar-refractivity contribution in [3.8, 4) is 0 Å². The number of hydrogen-bond acceptors (Lipinski definition) is 3. The van der Waals surface area contributed by atoms with Crippen LogP contribution < -0.4 is 5.11 Å². The van der Waals surface area contributed by atoms with Crippen LogP contribution in [0.25, 0.3) is 11.8 Å². The lowest BCUT2D eigenvalue weighted by Crippen LogP contribution is -2.37. The first-order valence-electron chi connectivity index (χ1n) is 10.0. The van der Waals surface area contributed by atoms with Gasteiger partial charge in [-0.2, -0.15) is 13.2 Å². The molecule has 33 heavy (non-hydrogen) atoms. The van der Waals surface area contributed by atoms with E-state index in [4.69, 9.17) is 25.9 Å². The third-order valence-corrected chi connectivity index (χ3v) is 4.46. The van der Waals surface area contributed by atoms with Crippen LogP contribution in [0.15, 0.2) is 53.0 Å². The van der Waals surface area contributed by atoms with Gasteiger partial charge in [-0.15, -0.1) is 0 Å². The third-order valence-electron chi connectivity index (χ3n) is 4.21. The molecule has 0 aliphatic rings. The molecule has 1 aromatic heterocycles. The van der Waals surface area contributed by atoms with Crippen molar-refractivity contribution in [1.29, 1.82) is 0 Å². The summed E-state index contributed by atoms with van der Waals surface area (Å²) >= 11 is 5.88. The minimum atomic E-state index is -5.19. The second-order valence-corrected chi connectivity index (χ2v) is 9.76. The zero-order valence-electron chi connectivity index (χ0n) is 19.4. The van der Waals surface area contributed by atoms with Gasteiger partial charge in [0.15, 0.2) is 0 Å². The second-order valence-electron chi connectivity index (χ2n) is 9.32.